The van der Waals surface area contributed by atoms with Gasteiger partial charge in [-0.1, -0.05) is 35.0 Å². The molecule has 4 aromatic rings. The van der Waals surface area contributed by atoms with Crippen molar-refractivity contribution >= 4 is 11.6 Å². The summed E-state index contributed by atoms with van der Waals surface area (Å²) in [6, 6.07) is 12.4. The first-order valence-electron chi connectivity index (χ1n) is 8.80. The SMILES string of the molecule is Cc1ccc(OCc2c(-c3c(C)cccc3Cl)noc2-c2cc[nH]c2)cc1F. The van der Waals surface area contributed by atoms with E-state index in [0.717, 1.165) is 22.3 Å². The van der Waals surface area contributed by atoms with Gasteiger partial charge in [-0.25, -0.2) is 4.39 Å². The van der Waals surface area contributed by atoms with E-state index in [0.29, 0.717) is 27.8 Å². The third-order valence-corrected chi connectivity index (χ3v) is 4.95. The second-order valence-electron chi connectivity index (χ2n) is 6.57. The normalized spacial score (nSPS) is 11.0. The number of H-pyrrole nitrogens is 1. The molecule has 2 heterocycles. The van der Waals surface area contributed by atoms with E-state index in [1.807, 2.05) is 37.4 Å². The minimum atomic E-state index is -0.309. The zero-order chi connectivity index (χ0) is 19.7. The Morgan fingerprint density at radius 3 is 2.71 bits per heavy atom. The molecule has 0 saturated carbocycles. The van der Waals surface area contributed by atoms with Crippen molar-refractivity contribution < 1.29 is 13.7 Å². The van der Waals surface area contributed by atoms with Crippen LogP contribution < -0.4 is 4.74 Å². The third-order valence-electron chi connectivity index (χ3n) is 4.63. The molecule has 142 valence electrons. The van der Waals surface area contributed by atoms with Crippen LogP contribution in [-0.4, -0.2) is 10.1 Å². The highest BCUT2D eigenvalue weighted by atomic mass is 35.5. The molecule has 4 rings (SSSR count). The molecule has 0 saturated heterocycles. The lowest BCUT2D eigenvalue weighted by molar-refractivity contribution is 0.304. The highest BCUT2D eigenvalue weighted by molar-refractivity contribution is 6.33. The average molecular weight is 397 g/mol. The molecule has 0 fully saturated rings. The summed E-state index contributed by atoms with van der Waals surface area (Å²) in [5, 5.41) is 4.86. The van der Waals surface area contributed by atoms with Gasteiger partial charge in [0.15, 0.2) is 5.76 Å². The van der Waals surface area contributed by atoms with E-state index in [-0.39, 0.29) is 12.4 Å². The van der Waals surface area contributed by atoms with E-state index in [2.05, 4.69) is 10.1 Å². The molecule has 0 unspecified atom stereocenters. The van der Waals surface area contributed by atoms with Crippen LogP contribution in [0.3, 0.4) is 0 Å². The average Bonchev–Trinajstić information content (AvgIpc) is 3.32. The Morgan fingerprint density at radius 1 is 1.14 bits per heavy atom. The standard InChI is InChI=1S/C22H18ClFN2O2/c1-13-6-7-16(10-19(13)24)27-12-17-21(20-14(2)4-3-5-18(20)23)26-28-22(17)15-8-9-25-11-15/h3-11,25H,12H2,1-2H3. The number of aryl methyl sites for hydroxylation is 2. The molecule has 6 heteroatoms. The number of ether oxygens (including phenoxy) is 1. The molecular formula is C22H18ClFN2O2. The maximum Gasteiger partial charge on any atom is 0.175 e. The van der Waals surface area contributed by atoms with Crippen LogP contribution in [0, 0.1) is 19.7 Å². The molecular weight excluding hydrogens is 379 g/mol. The second-order valence-corrected chi connectivity index (χ2v) is 6.98. The van der Waals surface area contributed by atoms with Crippen LogP contribution in [0.4, 0.5) is 4.39 Å². The van der Waals surface area contributed by atoms with Crippen molar-refractivity contribution in [3.63, 3.8) is 0 Å². The molecule has 0 aliphatic carbocycles. The summed E-state index contributed by atoms with van der Waals surface area (Å²) in [5.41, 5.74) is 4.55. The topological polar surface area (TPSA) is 51.1 Å². The molecule has 0 atom stereocenters. The first-order chi connectivity index (χ1) is 13.5. The van der Waals surface area contributed by atoms with Gasteiger partial charge in [0.25, 0.3) is 0 Å². The van der Waals surface area contributed by atoms with E-state index in [4.69, 9.17) is 20.9 Å². The molecule has 2 aromatic heterocycles. The van der Waals surface area contributed by atoms with Gasteiger partial charge in [-0.05, 0) is 43.2 Å². The van der Waals surface area contributed by atoms with Crippen molar-refractivity contribution in [1.29, 1.82) is 0 Å². The van der Waals surface area contributed by atoms with Gasteiger partial charge in [-0.2, -0.15) is 0 Å². The van der Waals surface area contributed by atoms with Crippen LogP contribution >= 0.6 is 11.6 Å². The van der Waals surface area contributed by atoms with Gasteiger partial charge < -0.3 is 14.2 Å². The largest absolute Gasteiger partial charge is 0.489 e. The number of benzene rings is 2. The summed E-state index contributed by atoms with van der Waals surface area (Å²) in [5.74, 6) is 0.713. The fraction of sp³-hybridized carbons (Fsp3) is 0.136. The smallest absolute Gasteiger partial charge is 0.175 e. The summed E-state index contributed by atoms with van der Waals surface area (Å²) in [6.45, 7) is 3.83. The third kappa shape index (κ3) is 3.41. The van der Waals surface area contributed by atoms with Gasteiger partial charge >= 0.3 is 0 Å². The van der Waals surface area contributed by atoms with E-state index < -0.39 is 0 Å². The predicted molar refractivity (Wildman–Crippen MR) is 107 cm³/mol. The zero-order valence-corrected chi connectivity index (χ0v) is 16.2. The highest BCUT2D eigenvalue weighted by Gasteiger charge is 2.23. The Labute approximate surface area is 166 Å². The Morgan fingerprint density at radius 2 is 2.00 bits per heavy atom. The van der Waals surface area contributed by atoms with Gasteiger partial charge in [-0.15, -0.1) is 0 Å². The Bertz CT molecular complexity index is 1100. The molecule has 28 heavy (non-hydrogen) atoms. The first kappa shape index (κ1) is 18.3. The summed E-state index contributed by atoms with van der Waals surface area (Å²) in [7, 11) is 0. The molecule has 0 aliphatic rings. The van der Waals surface area contributed by atoms with Crippen LogP contribution in [0.1, 0.15) is 16.7 Å². The number of aromatic amines is 1. The molecule has 2 aromatic carbocycles. The van der Waals surface area contributed by atoms with Crippen LogP contribution in [0.5, 0.6) is 5.75 Å². The summed E-state index contributed by atoms with van der Waals surface area (Å²) in [4.78, 5) is 3.01. The molecule has 0 bridgehead atoms. The molecule has 0 amide bonds. The van der Waals surface area contributed by atoms with Crippen molar-refractivity contribution in [2.45, 2.75) is 20.5 Å². The number of halogens is 2. The van der Waals surface area contributed by atoms with Gasteiger partial charge in [0.2, 0.25) is 0 Å². The van der Waals surface area contributed by atoms with Gasteiger partial charge in [-0.3, -0.25) is 0 Å². The van der Waals surface area contributed by atoms with E-state index in [1.54, 1.807) is 25.3 Å². The van der Waals surface area contributed by atoms with Crippen molar-refractivity contribution in [2.75, 3.05) is 0 Å². The van der Waals surface area contributed by atoms with Crippen LogP contribution in [0.2, 0.25) is 5.02 Å². The maximum atomic E-state index is 13.9. The van der Waals surface area contributed by atoms with Gasteiger partial charge in [0.1, 0.15) is 23.9 Å². The Hall–Kier alpha value is -3.05. The molecule has 0 radical (unpaired) electrons. The van der Waals surface area contributed by atoms with Crippen molar-refractivity contribution in [2.24, 2.45) is 0 Å². The lowest BCUT2D eigenvalue weighted by atomic mass is 10.0. The Balaban J connectivity index is 1.77. The molecule has 4 nitrogen and oxygen atoms in total. The number of aromatic nitrogens is 2. The van der Waals surface area contributed by atoms with Gasteiger partial charge in [0, 0.05) is 29.6 Å². The monoisotopic (exact) mass is 396 g/mol. The minimum absolute atomic E-state index is 0.159. The molecule has 0 aliphatic heterocycles. The summed E-state index contributed by atoms with van der Waals surface area (Å²) in [6.07, 6.45) is 3.62. The number of rotatable bonds is 5. The Kier molecular flexibility index (Phi) is 4.92. The van der Waals surface area contributed by atoms with Crippen molar-refractivity contribution in [1.82, 2.24) is 10.1 Å². The number of nitrogens with zero attached hydrogens (tertiary/aromatic N) is 1. The fourth-order valence-corrected chi connectivity index (χ4v) is 3.39. The fourth-order valence-electron chi connectivity index (χ4n) is 3.08. The van der Waals surface area contributed by atoms with Crippen molar-refractivity contribution in [3.05, 3.63) is 82.4 Å². The number of hydrogen-bond acceptors (Lipinski definition) is 3. The molecule has 0 spiro atoms. The van der Waals surface area contributed by atoms with Crippen LogP contribution in [0.15, 0.2) is 59.4 Å². The van der Waals surface area contributed by atoms with E-state index in [9.17, 15) is 4.39 Å². The lowest BCUT2D eigenvalue weighted by Crippen LogP contribution is -2.00. The second kappa shape index (κ2) is 7.52. The van der Waals surface area contributed by atoms with Crippen LogP contribution in [-0.2, 0) is 6.61 Å². The lowest BCUT2D eigenvalue weighted by Gasteiger charge is -2.10. The summed E-state index contributed by atoms with van der Waals surface area (Å²) >= 11 is 6.45. The van der Waals surface area contributed by atoms with Crippen molar-refractivity contribution in [3.8, 4) is 28.3 Å². The van der Waals surface area contributed by atoms with E-state index >= 15 is 0 Å². The quantitative estimate of drug-likeness (QED) is 0.429. The zero-order valence-electron chi connectivity index (χ0n) is 15.4. The molecule has 1 N–H and O–H groups in total. The van der Waals surface area contributed by atoms with E-state index in [1.165, 1.54) is 6.07 Å². The number of nitrogens with one attached hydrogen (secondary N) is 1. The minimum Gasteiger partial charge on any atom is -0.489 e. The predicted octanol–water partition coefficient (Wildman–Crippen LogP) is 6.33. The highest BCUT2D eigenvalue weighted by Crippen LogP contribution is 2.38. The van der Waals surface area contributed by atoms with Gasteiger partial charge in [0.05, 0.1) is 10.6 Å². The summed E-state index contributed by atoms with van der Waals surface area (Å²) < 4.78 is 25.4. The van der Waals surface area contributed by atoms with Crippen LogP contribution in [0.25, 0.3) is 22.6 Å². The first-order valence-corrected chi connectivity index (χ1v) is 9.18. The maximum absolute atomic E-state index is 13.9. The number of hydrogen-bond donors (Lipinski definition) is 1.